The first-order chi connectivity index (χ1) is 8.61. The first-order valence-electron chi connectivity index (χ1n) is 7.17. The summed E-state index contributed by atoms with van der Waals surface area (Å²) in [5, 5.41) is 0. The number of Topliss-reactive ketones (excluding diaryl/α,β-unsaturated/α-hetero) is 1. The van der Waals surface area contributed by atoms with Gasteiger partial charge in [-0.3, -0.25) is 4.79 Å². The minimum atomic E-state index is 0.373. The van der Waals surface area contributed by atoms with Crippen molar-refractivity contribution < 1.29 is 4.79 Å². The van der Waals surface area contributed by atoms with Crippen LogP contribution in [0.3, 0.4) is 0 Å². The van der Waals surface area contributed by atoms with Crippen molar-refractivity contribution >= 4 is 5.78 Å². The second-order valence-corrected chi connectivity index (χ2v) is 5.64. The van der Waals surface area contributed by atoms with Gasteiger partial charge in [-0.15, -0.1) is 0 Å². The van der Waals surface area contributed by atoms with Gasteiger partial charge in [0.2, 0.25) is 0 Å². The van der Waals surface area contributed by atoms with E-state index in [2.05, 4.69) is 20.8 Å². The molecule has 0 amide bonds. The lowest BCUT2D eigenvalue weighted by Crippen LogP contribution is -2.11. The van der Waals surface area contributed by atoms with Gasteiger partial charge >= 0.3 is 0 Å². The summed E-state index contributed by atoms with van der Waals surface area (Å²) in [4.78, 5) is 12.0. The fraction of sp³-hybridized carbons (Fsp3) is 0.588. The van der Waals surface area contributed by atoms with Gasteiger partial charge in [-0.1, -0.05) is 63.9 Å². The van der Waals surface area contributed by atoms with Crippen molar-refractivity contribution in [2.75, 3.05) is 0 Å². The molecule has 0 aliphatic rings. The van der Waals surface area contributed by atoms with Crippen molar-refractivity contribution in [1.82, 2.24) is 0 Å². The third-order valence-corrected chi connectivity index (χ3v) is 3.41. The molecule has 100 valence electrons. The van der Waals surface area contributed by atoms with E-state index in [9.17, 15) is 4.79 Å². The van der Waals surface area contributed by atoms with Crippen LogP contribution in [0.1, 0.15) is 52.0 Å². The first kappa shape index (κ1) is 14.9. The van der Waals surface area contributed by atoms with Gasteiger partial charge in [0.15, 0.2) is 0 Å². The van der Waals surface area contributed by atoms with Crippen LogP contribution in [0.25, 0.3) is 0 Å². The van der Waals surface area contributed by atoms with Crippen LogP contribution in [0, 0.1) is 11.8 Å². The molecule has 18 heavy (non-hydrogen) atoms. The fourth-order valence-corrected chi connectivity index (χ4v) is 2.67. The van der Waals surface area contributed by atoms with Crippen LogP contribution >= 0.6 is 0 Å². The Morgan fingerprint density at radius 3 is 2.39 bits per heavy atom. The Hall–Kier alpha value is -1.11. The summed E-state index contributed by atoms with van der Waals surface area (Å²) in [7, 11) is 0. The lowest BCUT2D eigenvalue weighted by Gasteiger charge is -2.16. The Morgan fingerprint density at radius 1 is 1.11 bits per heavy atom. The highest BCUT2D eigenvalue weighted by Gasteiger charge is 2.12. The normalized spacial score (nSPS) is 14.2. The summed E-state index contributed by atoms with van der Waals surface area (Å²) in [6.07, 6.45) is 5.01. The molecular weight excluding hydrogens is 220 g/mol. The van der Waals surface area contributed by atoms with Gasteiger partial charge in [0.25, 0.3) is 0 Å². The van der Waals surface area contributed by atoms with Gasteiger partial charge in [-0.05, 0) is 23.8 Å². The lowest BCUT2D eigenvalue weighted by atomic mass is 9.89. The Balaban J connectivity index is 2.31. The van der Waals surface area contributed by atoms with E-state index < -0.39 is 0 Å². The minimum absolute atomic E-state index is 0.373. The van der Waals surface area contributed by atoms with E-state index in [0.717, 1.165) is 17.9 Å². The SMILES string of the molecule is CCCC(C)CC(C)CC(=O)Cc1ccccc1. The van der Waals surface area contributed by atoms with Gasteiger partial charge < -0.3 is 0 Å². The molecule has 0 N–H and O–H groups in total. The Kier molecular flexibility index (Phi) is 6.70. The number of rotatable bonds is 8. The highest BCUT2D eigenvalue weighted by Crippen LogP contribution is 2.20. The van der Waals surface area contributed by atoms with Crippen molar-refractivity contribution in [2.45, 2.75) is 52.9 Å². The molecule has 1 rings (SSSR count). The molecule has 1 aromatic rings. The minimum Gasteiger partial charge on any atom is -0.299 e. The summed E-state index contributed by atoms with van der Waals surface area (Å²) in [5.41, 5.74) is 1.14. The maximum absolute atomic E-state index is 12.0. The van der Waals surface area contributed by atoms with Crippen LogP contribution in [0.2, 0.25) is 0 Å². The monoisotopic (exact) mass is 246 g/mol. The zero-order valence-electron chi connectivity index (χ0n) is 12.0. The summed E-state index contributed by atoms with van der Waals surface area (Å²) >= 11 is 0. The molecule has 0 bridgehead atoms. The predicted octanol–water partition coefficient (Wildman–Crippen LogP) is 4.65. The molecule has 0 heterocycles. The zero-order valence-corrected chi connectivity index (χ0v) is 12.0. The third kappa shape index (κ3) is 6.00. The average molecular weight is 246 g/mol. The molecule has 1 nitrogen and oxygen atoms in total. The molecule has 0 fully saturated rings. The van der Waals surface area contributed by atoms with Crippen molar-refractivity contribution in [3.05, 3.63) is 35.9 Å². The van der Waals surface area contributed by atoms with E-state index in [4.69, 9.17) is 0 Å². The second kappa shape index (κ2) is 8.07. The molecule has 0 aliphatic heterocycles. The van der Waals surface area contributed by atoms with Gasteiger partial charge in [0.05, 0.1) is 0 Å². The molecule has 2 atom stereocenters. The van der Waals surface area contributed by atoms with Gasteiger partial charge in [-0.2, -0.15) is 0 Å². The summed E-state index contributed by atoms with van der Waals surface area (Å²) in [5.74, 6) is 1.63. The predicted molar refractivity (Wildman–Crippen MR) is 77.6 cm³/mol. The molecule has 0 spiro atoms. The smallest absolute Gasteiger partial charge is 0.137 e. The molecule has 0 radical (unpaired) electrons. The quantitative estimate of drug-likeness (QED) is 0.652. The van der Waals surface area contributed by atoms with E-state index in [-0.39, 0.29) is 0 Å². The number of hydrogen-bond donors (Lipinski definition) is 0. The average Bonchev–Trinajstić information content (AvgIpc) is 2.29. The van der Waals surface area contributed by atoms with Crippen molar-refractivity contribution in [3.63, 3.8) is 0 Å². The maximum atomic E-state index is 12.0. The van der Waals surface area contributed by atoms with Crippen LogP contribution < -0.4 is 0 Å². The number of carbonyl (C=O) groups is 1. The lowest BCUT2D eigenvalue weighted by molar-refractivity contribution is -0.119. The van der Waals surface area contributed by atoms with Gasteiger partial charge in [0, 0.05) is 12.8 Å². The zero-order chi connectivity index (χ0) is 13.4. The number of benzene rings is 1. The topological polar surface area (TPSA) is 17.1 Å². The van der Waals surface area contributed by atoms with Gasteiger partial charge in [-0.25, -0.2) is 0 Å². The standard InChI is InChI=1S/C17H26O/c1-4-8-14(2)11-15(3)12-17(18)13-16-9-6-5-7-10-16/h5-7,9-10,14-15H,4,8,11-13H2,1-3H3. The van der Waals surface area contributed by atoms with Crippen molar-refractivity contribution in [3.8, 4) is 0 Å². The van der Waals surface area contributed by atoms with Crippen molar-refractivity contribution in [1.29, 1.82) is 0 Å². The van der Waals surface area contributed by atoms with Crippen LogP contribution in [0.15, 0.2) is 30.3 Å². The molecule has 2 unspecified atom stereocenters. The number of ketones is 1. The Morgan fingerprint density at radius 2 is 1.78 bits per heavy atom. The van der Waals surface area contributed by atoms with E-state index in [1.807, 2.05) is 30.3 Å². The molecule has 0 aromatic heterocycles. The van der Waals surface area contributed by atoms with E-state index >= 15 is 0 Å². The summed E-state index contributed by atoms with van der Waals surface area (Å²) in [6.45, 7) is 6.72. The first-order valence-corrected chi connectivity index (χ1v) is 7.17. The largest absolute Gasteiger partial charge is 0.299 e. The van der Waals surface area contributed by atoms with E-state index in [1.54, 1.807) is 0 Å². The summed E-state index contributed by atoms with van der Waals surface area (Å²) < 4.78 is 0. The van der Waals surface area contributed by atoms with Crippen LogP contribution in [-0.4, -0.2) is 5.78 Å². The highest BCUT2D eigenvalue weighted by atomic mass is 16.1. The molecule has 1 aromatic carbocycles. The molecule has 0 saturated carbocycles. The number of hydrogen-bond acceptors (Lipinski definition) is 1. The van der Waals surface area contributed by atoms with Crippen molar-refractivity contribution in [2.24, 2.45) is 11.8 Å². The van der Waals surface area contributed by atoms with Crippen LogP contribution in [0.5, 0.6) is 0 Å². The van der Waals surface area contributed by atoms with Crippen LogP contribution in [-0.2, 0) is 11.2 Å². The van der Waals surface area contributed by atoms with Crippen LogP contribution in [0.4, 0.5) is 0 Å². The van der Waals surface area contributed by atoms with E-state index in [1.165, 1.54) is 19.3 Å². The molecule has 1 heteroatoms. The number of carbonyl (C=O) groups excluding carboxylic acids is 1. The second-order valence-electron chi connectivity index (χ2n) is 5.64. The maximum Gasteiger partial charge on any atom is 0.137 e. The molecular formula is C17H26O. The highest BCUT2D eigenvalue weighted by molar-refractivity contribution is 5.81. The Labute approximate surface area is 112 Å². The summed E-state index contributed by atoms with van der Waals surface area (Å²) in [6, 6.07) is 10.0. The Bertz CT molecular complexity index is 342. The van der Waals surface area contributed by atoms with Gasteiger partial charge in [0.1, 0.15) is 5.78 Å². The fourth-order valence-electron chi connectivity index (χ4n) is 2.67. The van der Waals surface area contributed by atoms with E-state index in [0.29, 0.717) is 18.1 Å². The molecule has 0 aliphatic carbocycles. The third-order valence-electron chi connectivity index (χ3n) is 3.41. The molecule has 0 saturated heterocycles.